The molecule has 7 nitrogen and oxygen atoms in total. The fourth-order valence-corrected chi connectivity index (χ4v) is 3.49. The highest BCUT2D eigenvalue weighted by Gasteiger charge is 2.10. The summed E-state index contributed by atoms with van der Waals surface area (Å²) < 4.78 is 5.67. The predicted molar refractivity (Wildman–Crippen MR) is 138 cm³/mol. The van der Waals surface area contributed by atoms with Crippen molar-refractivity contribution in [3.63, 3.8) is 0 Å². The van der Waals surface area contributed by atoms with Crippen LogP contribution in [0.4, 0.5) is 0 Å². The van der Waals surface area contributed by atoms with E-state index in [1.165, 1.54) is 0 Å². The molecule has 2 amide bonds. The quantitative estimate of drug-likeness (QED) is 0.291. The number of hydrogen-bond donors (Lipinski definition) is 3. The van der Waals surface area contributed by atoms with Gasteiger partial charge in [-0.15, -0.1) is 0 Å². The summed E-state index contributed by atoms with van der Waals surface area (Å²) in [5.41, 5.74) is 4.07. The standard InChI is InChI=1S/C27H26ClN3O4/c1-18-12-20(10-11-26(18)33)25(31-17-32)14-24(29-2)19-7-5-8-22(13-19)35-16-27(34)30-15-21-6-3-4-9-23(21)28/h3-14,17,33H,15-16H2,1-2H3,(H,30,34)(H,31,32)/b25-14-,29-24?. The van der Waals surface area contributed by atoms with Gasteiger partial charge in [-0.3, -0.25) is 14.6 Å². The second kappa shape index (κ2) is 12.4. The van der Waals surface area contributed by atoms with Crippen LogP contribution in [-0.4, -0.2) is 36.8 Å². The van der Waals surface area contributed by atoms with Crippen LogP contribution in [0.5, 0.6) is 11.5 Å². The number of nitrogens with zero attached hydrogens (tertiary/aromatic N) is 1. The smallest absolute Gasteiger partial charge is 0.258 e. The van der Waals surface area contributed by atoms with Crippen molar-refractivity contribution in [3.8, 4) is 11.5 Å². The molecule has 0 atom stereocenters. The van der Waals surface area contributed by atoms with Crippen molar-refractivity contribution >= 4 is 35.3 Å². The number of nitrogens with one attached hydrogen (secondary N) is 2. The zero-order valence-corrected chi connectivity index (χ0v) is 20.2. The van der Waals surface area contributed by atoms with Crippen molar-refractivity contribution in [1.82, 2.24) is 10.6 Å². The van der Waals surface area contributed by atoms with E-state index in [2.05, 4.69) is 15.6 Å². The Bertz CT molecular complexity index is 1270. The van der Waals surface area contributed by atoms with Gasteiger partial charge in [-0.05, 0) is 66.1 Å². The first-order valence-corrected chi connectivity index (χ1v) is 11.2. The topological polar surface area (TPSA) is 100 Å². The van der Waals surface area contributed by atoms with Crippen LogP contribution in [-0.2, 0) is 16.1 Å². The lowest BCUT2D eigenvalue weighted by Gasteiger charge is -2.11. The van der Waals surface area contributed by atoms with Crippen LogP contribution in [0.2, 0.25) is 5.02 Å². The van der Waals surface area contributed by atoms with Gasteiger partial charge in [0.25, 0.3) is 5.91 Å². The molecular weight excluding hydrogens is 466 g/mol. The summed E-state index contributed by atoms with van der Waals surface area (Å²) in [4.78, 5) is 27.8. The first-order valence-electron chi connectivity index (χ1n) is 10.8. The average Bonchev–Trinajstić information content (AvgIpc) is 2.86. The second-order valence-electron chi connectivity index (χ2n) is 7.61. The molecule has 3 aromatic carbocycles. The fourth-order valence-electron chi connectivity index (χ4n) is 3.29. The Hall–Kier alpha value is -4.10. The van der Waals surface area contributed by atoms with E-state index in [0.717, 1.165) is 16.7 Å². The minimum Gasteiger partial charge on any atom is -0.508 e. The lowest BCUT2D eigenvalue weighted by Crippen LogP contribution is -2.28. The zero-order valence-electron chi connectivity index (χ0n) is 19.4. The Kier molecular flexibility index (Phi) is 9.03. The molecule has 8 heteroatoms. The third-order valence-corrected chi connectivity index (χ3v) is 5.55. The van der Waals surface area contributed by atoms with Gasteiger partial charge >= 0.3 is 0 Å². The van der Waals surface area contributed by atoms with Crippen molar-refractivity contribution < 1.29 is 19.4 Å². The molecular formula is C27H26ClN3O4. The third kappa shape index (κ3) is 7.19. The molecule has 0 unspecified atom stereocenters. The summed E-state index contributed by atoms with van der Waals surface area (Å²) in [7, 11) is 1.64. The number of hydrogen-bond acceptors (Lipinski definition) is 5. The van der Waals surface area contributed by atoms with E-state index in [4.69, 9.17) is 16.3 Å². The fraction of sp³-hybridized carbons (Fsp3) is 0.148. The number of amides is 2. The molecule has 0 spiro atoms. The molecule has 0 saturated carbocycles. The van der Waals surface area contributed by atoms with E-state index in [-0.39, 0.29) is 18.3 Å². The maximum Gasteiger partial charge on any atom is 0.258 e. The first-order chi connectivity index (χ1) is 16.9. The van der Waals surface area contributed by atoms with E-state index < -0.39 is 0 Å². The minimum atomic E-state index is -0.278. The number of phenolic OH excluding ortho intramolecular Hbond substituents is 1. The van der Waals surface area contributed by atoms with Gasteiger partial charge in [0, 0.05) is 29.9 Å². The molecule has 3 rings (SSSR count). The van der Waals surface area contributed by atoms with E-state index in [9.17, 15) is 14.7 Å². The number of carbonyl (C=O) groups is 2. The van der Waals surface area contributed by atoms with Gasteiger partial charge in [0.2, 0.25) is 6.41 Å². The summed E-state index contributed by atoms with van der Waals surface area (Å²) in [5.74, 6) is 0.388. The number of benzene rings is 3. The Morgan fingerprint density at radius 1 is 1.09 bits per heavy atom. The lowest BCUT2D eigenvalue weighted by molar-refractivity contribution is -0.123. The molecule has 0 aliphatic rings. The Morgan fingerprint density at radius 3 is 2.60 bits per heavy atom. The highest BCUT2D eigenvalue weighted by atomic mass is 35.5. The number of phenols is 1. The monoisotopic (exact) mass is 491 g/mol. The molecule has 180 valence electrons. The van der Waals surface area contributed by atoms with Gasteiger partial charge in [-0.2, -0.15) is 0 Å². The maximum atomic E-state index is 12.2. The summed E-state index contributed by atoms with van der Waals surface area (Å²) >= 11 is 6.12. The molecule has 0 heterocycles. The highest BCUT2D eigenvalue weighted by molar-refractivity contribution is 6.31. The summed E-state index contributed by atoms with van der Waals surface area (Å²) in [6, 6.07) is 19.5. The summed E-state index contributed by atoms with van der Waals surface area (Å²) in [6.45, 7) is 1.92. The Morgan fingerprint density at radius 2 is 1.89 bits per heavy atom. The third-order valence-electron chi connectivity index (χ3n) is 5.18. The first kappa shape index (κ1) is 25.5. The largest absolute Gasteiger partial charge is 0.508 e. The molecule has 3 aromatic rings. The molecule has 0 radical (unpaired) electrons. The molecule has 0 bridgehead atoms. The van der Waals surface area contributed by atoms with Gasteiger partial charge in [0.15, 0.2) is 6.61 Å². The number of allylic oxidation sites excluding steroid dienone is 1. The molecule has 35 heavy (non-hydrogen) atoms. The number of rotatable bonds is 10. The minimum absolute atomic E-state index is 0.160. The number of aromatic hydroxyl groups is 1. The van der Waals surface area contributed by atoms with Crippen LogP contribution in [0.3, 0.4) is 0 Å². The molecule has 0 aliphatic heterocycles. The van der Waals surface area contributed by atoms with Gasteiger partial charge < -0.3 is 20.5 Å². The number of aliphatic imine (C=N–C) groups is 1. The van der Waals surface area contributed by atoms with Crippen LogP contribution in [0.1, 0.15) is 22.3 Å². The Labute approximate surface area is 209 Å². The summed E-state index contributed by atoms with van der Waals surface area (Å²) in [6.07, 6.45) is 2.32. The van der Waals surface area contributed by atoms with Crippen LogP contribution in [0.25, 0.3) is 5.70 Å². The predicted octanol–water partition coefficient (Wildman–Crippen LogP) is 4.26. The van der Waals surface area contributed by atoms with Crippen molar-refractivity contribution in [2.24, 2.45) is 4.99 Å². The number of ether oxygens (including phenoxy) is 1. The molecule has 0 aliphatic carbocycles. The number of carbonyl (C=O) groups excluding carboxylic acids is 2. The highest BCUT2D eigenvalue weighted by Crippen LogP contribution is 2.22. The summed E-state index contributed by atoms with van der Waals surface area (Å²) in [5, 5.41) is 15.9. The van der Waals surface area contributed by atoms with Crippen LogP contribution in [0.15, 0.2) is 77.8 Å². The van der Waals surface area contributed by atoms with Gasteiger partial charge in [-0.1, -0.05) is 41.9 Å². The van der Waals surface area contributed by atoms with E-state index in [0.29, 0.717) is 40.7 Å². The SMILES string of the molecule is CN=C(/C=C(\NC=O)c1ccc(O)c(C)c1)c1cccc(OCC(=O)NCc2ccccc2Cl)c1. The van der Waals surface area contributed by atoms with Gasteiger partial charge in [-0.25, -0.2) is 0 Å². The van der Waals surface area contributed by atoms with Crippen LogP contribution in [0, 0.1) is 6.92 Å². The van der Waals surface area contributed by atoms with E-state index in [1.54, 1.807) is 62.5 Å². The van der Waals surface area contributed by atoms with Crippen LogP contribution < -0.4 is 15.4 Å². The number of aryl methyl sites for hydroxylation is 1. The van der Waals surface area contributed by atoms with Gasteiger partial charge in [0.1, 0.15) is 11.5 Å². The second-order valence-corrected chi connectivity index (χ2v) is 8.02. The van der Waals surface area contributed by atoms with Gasteiger partial charge in [0.05, 0.1) is 5.71 Å². The number of halogens is 1. The molecule has 0 saturated heterocycles. The Balaban J connectivity index is 1.70. The molecule has 3 N–H and O–H groups in total. The lowest BCUT2D eigenvalue weighted by atomic mass is 10.0. The maximum absolute atomic E-state index is 12.2. The normalized spacial score (nSPS) is 11.6. The van der Waals surface area contributed by atoms with Crippen molar-refractivity contribution in [2.75, 3.05) is 13.7 Å². The molecule has 0 fully saturated rings. The van der Waals surface area contributed by atoms with Crippen molar-refractivity contribution in [3.05, 3.63) is 100 Å². The van der Waals surface area contributed by atoms with Crippen molar-refractivity contribution in [2.45, 2.75) is 13.5 Å². The van der Waals surface area contributed by atoms with Crippen LogP contribution >= 0.6 is 11.6 Å². The average molecular weight is 492 g/mol. The van der Waals surface area contributed by atoms with Crippen molar-refractivity contribution in [1.29, 1.82) is 0 Å². The zero-order chi connectivity index (χ0) is 25.2. The van der Waals surface area contributed by atoms with E-state index >= 15 is 0 Å². The van der Waals surface area contributed by atoms with E-state index in [1.807, 2.05) is 24.3 Å². The molecule has 0 aromatic heterocycles.